The Balaban J connectivity index is 1.47. The third-order valence-corrected chi connectivity index (χ3v) is 5.83. The number of hydrogen-bond acceptors (Lipinski definition) is 6. The summed E-state index contributed by atoms with van der Waals surface area (Å²) in [5.74, 6) is 0.326. The molecular weight excluding hydrogens is 455 g/mol. The lowest BCUT2D eigenvalue weighted by molar-refractivity contribution is 0.0475. The summed E-state index contributed by atoms with van der Waals surface area (Å²) in [5, 5.41) is 0.386. The number of carbonyl (C=O) groups is 2. The number of fused-ring (bicyclic) bond motifs is 1. The van der Waals surface area contributed by atoms with E-state index in [0.717, 1.165) is 17.0 Å². The zero-order chi connectivity index (χ0) is 23.0. The molecule has 0 radical (unpaired) electrons. The molecule has 0 saturated carbocycles. The molecule has 166 valence electrons. The monoisotopic (exact) mass is 474 g/mol. The van der Waals surface area contributed by atoms with Crippen molar-refractivity contribution in [3.05, 3.63) is 74.5 Å². The van der Waals surface area contributed by atoms with E-state index in [4.69, 9.17) is 43.1 Å². The zero-order valence-corrected chi connectivity index (χ0v) is 18.9. The molecular formula is C23H20Cl2N2O5. The van der Waals surface area contributed by atoms with E-state index in [1.807, 2.05) is 36.6 Å². The van der Waals surface area contributed by atoms with Crippen molar-refractivity contribution in [2.24, 2.45) is 0 Å². The van der Waals surface area contributed by atoms with Crippen LogP contribution in [-0.4, -0.2) is 29.7 Å². The van der Waals surface area contributed by atoms with Crippen LogP contribution in [0.5, 0.6) is 11.5 Å². The number of benzene rings is 2. The average Bonchev–Trinajstić information content (AvgIpc) is 3.33. The number of Topliss-reactive ketones (excluding diaryl/α,β-unsaturated/α-hetero) is 1. The van der Waals surface area contributed by atoms with E-state index in [0.29, 0.717) is 23.6 Å². The normalized spacial score (nSPS) is 12.1. The number of nitrogens with two attached hydrogens (primary N) is 1. The maximum Gasteiger partial charge on any atom is 0.340 e. The Kier molecular flexibility index (Phi) is 6.04. The van der Waals surface area contributed by atoms with Gasteiger partial charge in [-0.05, 0) is 49.7 Å². The lowest BCUT2D eigenvalue weighted by Crippen LogP contribution is -2.16. The highest BCUT2D eigenvalue weighted by Gasteiger charge is 2.21. The summed E-state index contributed by atoms with van der Waals surface area (Å²) in [6.07, 6.45) is 0. The average molecular weight is 475 g/mol. The largest absolute Gasteiger partial charge is 0.454 e. The Morgan fingerprint density at radius 2 is 1.81 bits per heavy atom. The summed E-state index contributed by atoms with van der Waals surface area (Å²) >= 11 is 11.9. The fourth-order valence-electron chi connectivity index (χ4n) is 3.59. The molecule has 0 unspecified atom stereocenters. The van der Waals surface area contributed by atoms with Crippen molar-refractivity contribution < 1.29 is 23.8 Å². The predicted molar refractivity (Wildman–Crippen MR) is 121 cm³/mol. The van der Waals surface area contributed by atoms with Gasteiger partial charge in [0.05, 0.1) is 16.3 Å². The highest BCUT2D eigenvalue weighted by atomic mass is 35.5. The summed E-state index contributed by atoms with van der Waals surface area (Å²) in [6.45, 7) is 4.10. The molecule has 1 aliphatic heterocycles. The van der Waals surface area contributed by atoms with E-state index in [1.165, 1.54) is 12.1 Å². The molecule has 1 aromatic heterocycles. The van der Waals surface area contributed by atoms with E-state index in [9.17, 15) is 9.59 Å². The van der Waals surface area contributed by atoms with Gasteiger partial charge in [-0.1, -0.05) is 29.3 Å². The lowest BCUT2D eigenvalue weighted by atomic mass is 10.1. The van der Waals surface area contributed by atoms with Crippen molar-refractivity contribution in [1.29, 1.82) is 0 Å². The molecule has 0 atom stereocenters. The molecule has 32 heavy (non-hydrogen) atoms. The van der Waals surface area contributed by atoms with Crippen LogP contribution in [-0.2, 0) is 11.3 Å². The molecule has 0 amide bonds. The number of ether oxygens (including phenoxy) is 3. The van der Waals surface area contributed by atoms with Crippen molar-refractivity contribution in [2.75, 3.05) is 19.1 Å². The third kappa shape index (κ3) is 4.26. The first-order chi connectivity index (χ1) is 15.2. The number of nitrogen functional groups attached to an aromatic ring is 1. The molecule has 2 aromatic carbocycles. The number of hydrogen-bond donors (Lipinski definition) is 1. The van der Waals surface area contributed by atoms with Crippen LogP contribution in [0.2, 0.25) is 10.0 Å². The van der Waals surface area contributed by atoms with E-state index in [2.05, 4.69) is 0 Å². The molecule has 3 aromatic rings. The van der Waals surface area contributed by atoms with Crippen LogP contribution in [0.25, 0.3) is 0 Å². The second-order valence-electron chi connectivity index (χ2n) is 7.41. The molecule has 0 fully saturated rings. The molecule has 0 spiro atoms. The van der Waals surface area contributed by atoms with Crippen molar-refractivity contribution in [2.45, 2.75) is 20.4 Å². The van der Waals surface area contributed by atoms with E-state index >= 15 is 0 Å². The maximum absolute atomic E-state index is 12.8. The Labute approximate surface area is 194 Å². The van der Waals surface area contributed by atoms with E-state index in [-0.39, 0.29) is 33.9 Å². The van der Waals surface area contributed by atoms with E-state index < -0.39 is 12.6 Å². The fraction of sp³-hybridized carbons (Fsp3) is 0.217. The lowest BCUT2D eigenvalue weighted by Gasteiger charge is -2.11. The Bertz CT molecular complexity index is 1240. The van der Waals surface area contributed by atoms with Crippen LogP contribution in [0.3, 0.4) is 0 Å². The first kappa shape index (κ1) is 22.0. The number of ketones is 1. The smallest absolute Gasteiger partial charge is 0.340 e. The number of esters is 1. The summed E-state index contributed by atoms with van der Waals surface area (Å²) in [6, 6.07) is 10.3. The Hall–Kier alpha value is -3.16. The minimum absolute atomic E-state index is 0.0172. The number of rotatable bonds is 6. The summed E-state index contributed by atoms with van der Waals surface area (Å²) < 4.78 is 18.0. The Morgan fingerprint density at radius 3 is 2.59 bits per heavy atom. The van der Waals surface area contributed by atoms with Crippen molar-refractivity contribution in [3.8, 4) is 11.5 Å². The molecule has 0 bridgehead atoms. The minimum Gasteiger partial charge on any atom is -0.454 e. The maximum atomic E-state index is 12.8. The molecule has 0 aliphatic carbocycles. The molecule has 0 saturated heterocycles. The summed E-state index contributed by atoms with van der Waals surface area (Å²) in [4.78, 5) is 25.2. The van der Waals surface area contributed by atoms with Gasteiger partial charge in [-0.15, -0.1) is 0 Å². The fourth-order valence-corrected chi connectivity index (χ4v) is 4.08. The van der Waals surface area contributed by atoms with Crippen LogP contribution < -0.4 is 15.2 Å². The van der Waals surface area contributed by atoms with Crippen LogP contribution in [0.15, 0.2) is 36.4 Å². The second kappa shape index (κ2) is 8.76. The van der Waals surface area contributed by atoms with Gasteiger partial charge in [0.2, 0.25) is 12.6 Å². The second-order valence-corrected chi connectivity index (χ2v) is 8.25. The van der Waals surface area contributed by atoms with Crippen molar-refractivity contribution in [1.82, 2.24) is 4.57 Å². The van der Waals surface area contributed by atoms with Gasteiger partial charge in [0, 0.05) is 28.5 Å². The highest BCUT2D eigenvalue weighted by Crippen LogP contribution is 2.33. The van der Waals surface area contributed by atoms with Gasteiger partial charge in [-0.25, -0.2) is 4.79 Å². The van der Waals surface area contributed by atoms with Crippen LogP contribution in [0.4, 0.5) is 5.69 Å². The van der Waals surface area contributed by atoms with Crippen molar-refractivity contribution in [3.63, 3.8) is 0 Å². The first-order valence-corrected chi connectivity index (χ1v) is 10.5. The van der Waals surface area contributed by atoms with Gasteiger partial charge in [0.1, 0.15) is 0 Å². The Morgan fingerprint density at radius 1 is 1.06 bits per heavy atom. The zero-order valence-electron chi connectivity index (χ0n) is 17.4. The predicted octanol–water partition coefficient (Wildman–Crippen LogP) is 4.81. The molecule has 9 heteroatoms. The highest BCUT2D eigenvalue weighted by molar-refractivity contribution is 6.37. The molecule has 2 heterocycles. The van der Waals surface area contributed by atoms with Crippen molar-refractivity contribution >= 4 is 40.6 Å². The van der Waals surface area contributed by atoms with Gasteiger partial charge in [-0.2, -0.15) is 0 Å². The van der Waals surface area contributed by atoms with Crippen LogP contribution in [0, 0.1) is 13.8 Å². The van der Waals surface area contributed by atoms with Gasteiger partial charge in [0.15, 0.2) is 18.1 Å². The number of aryl methyl sites for hydroxylation is 1. The minimum atomic E-state index is -0.769. The quantitative estimate of drug-likeness (QED) is 0.313. The molecule has 7 nitrogen and oxygen atoms in total. The SMILES string of the molecule is Cc1cc(C(=O)COC(=O)c2cc(Cl)cc(Cl)c2N)c(C)n1Cc1ccc2c(c1)OCO2. The third-order valence-electron chi connectivity index (χ3n) is 5.30. The number of aromatic nitrogens is 1. The van der Waals surface area contributed by atoms with Gasteiger partial charge >= 0.3 is 5.97 Å². The van der Waals surface area contributed by atoms with Gasteiger partial charge in [0.25, 0.3) is 0 Å². The molecule has 2 N–H and O–H groups in total. The van der Waals surface area contributed by atoms with Crippen LogP contribution in [0.1, 0.15) is 37.7 Å². The summed E-state index contributed by atoms with van der Waals surface area (Å²) in [5.41, 5.74) is 9.06. The summed E-state index contributed by atoms with van der Waals surface area (Å²) in [7, 11) is 0. The number of carbonyl (C=O) groups excluding carboxylic acids is 2. The number of anilines is 1. The number of halogens is 2. The first-order valence-electron chi connectivity index (χ1n) is 9.74. The van der Waals surface area contributed by atoms with Gasteiger partial charge < -0.3 is 24.5 Å². The van der Waals surface area contributed by atoms with Gasteiger partial charge in [-0.3, -0.25) is 4.79 Å². The topological polar surface area (TPSA) is 92.8 Å². The molecule has 4 rings (SSSR count). The van der Waals surface area contributed by atoms with Crippen LogP contribution >= 0.6 is 23.2 Å². The standard InChI is InChI=1S/C23H20Cl2N2O5/c1-12-5-16(13(2)27(12)9-14-3-4-20-21(6-14)32-11-31-20)19(28)10-30-23(29)17-7-15(24)8-18(25)22(17)26/h3-8H,9-11,26H2,1-2H3. The molecule has 1 aliphatic rings. The number of nitrogens with zero attached hydrogens (tertiary/aromatic N) is 1. The van der Waals surface area contributed by atoms with E-state index in [1.54, 1.807) is 6.07 Å².